The van der Waals surface area contributed by atoms with Crippen LogP contribution in [-0.2, 0) is 5.75 Å². The van der Waals surface area contributed by atoms with Crippen molar-refractivity contribution >= 4 is 12.6 Å². The Labute approximate surface area is 108 Å². The molecule has 0 radical (unpaired) electrons. The maximum absolute atomic E-state index is 11.8. The summed E-state index contributed by atoms with van der Waals surface area (Å²) in [5.74, 6) is 0.589. The number of benzene rings is 1. The molecule has 0 aromatic heterocycles. The first-order valence-electron chi connectivity index (χ1n) is 5.36. The van der Waals surface area contributed by atoms with Crippen molar-refractivity contribution in [3.63, 3.8) is 0 Å². The highest BCUT2D eigenvalue weighted by Crippen LogP contribution is 2.21. The summed E-state index contributed by atoms with van der Waals surface area (Å²) < 4.78 is 27.8. The van der Waals surface area contributed by atoms with Gasteiger partial charge in [-0.15, -0.1) is 6.58 Å². The van der Waals surface area contributed by atoms with E-state index in [1.165, 1.54) is 6.07 Å². The van der Waals surface area contributed by atoms with E-state index in [1.54, 1.807) is 24.3 Å². The fourth-order valence-electron chi connectivity index (χ4n) is 0.845. The van der Waals surface area contributed by atoms with Crippen LogP contribution in [0.4, 0.5) is 8.78 Å². The van der Waals surface area contributed by atoms with Gasteiger partial charge in [0.25, 0.3) is 0 Å². The van der Waals surface area contributed by atoms with Gasteiger partial charge in [0.1, 0.15) is 5.75 Å². The number of alkyl halides is 2. The lowest BCUT2D eigenvalue weighted by Gasteiger charge is -2.07. The molecule has 0 aliphatic heterocycles. The molecular formula is C13H20F2OS. The average Bonchev–Trinajstić information content (AvgIpc) is 2.33. The minimum atomic E-state index is -2.77. The highest BCUT2D eigenvalue weighted by atomic mass is 32.1. The molecule has 4 heteroatoms. The molecule has 0 aliphatic carbocycles. The monoisotopic (exact) mass is 262 g/mol. The molecule has 98 valence electrons. The average molecular weight is 262 g/mol. The molecule has 0 unspecified atom stereocenters. The zero-order valence-corrected chi connectivity index (χ0v) is 11.4. The zero-order valence-electron chi connectivity index (χ0n) is 10.5. The predicted molar refractivity (Wildman–Crippen MR) is 73.0 cm³/mol. The standard InChI is InChI=1S/C8H8F2OS.C3H6.C2H6/c9-8(10)11-7-4-2-1-3-6(7)5-12;1-3-2;1-2/h1-4,8,12H,5H2;3H,1H2,2H3;1-2H3. The van der Waals surface area contributed by atoms with Crippen LogP contribution in [0.1, 0.15) is 26.3 Å². The Morgan fingerprint density at radius 3 is 2.24 bits per heavy atom. The van der Waals surface area contributed by atoms with Gasteiger partial charge in [0.05, 0.1) is 0 Å². The van der Waals surface area contributed by atoms with Gasteiger partial charge in [-0.3, -0.25) is 0 Å². The lowest BCUT2D eigenvalue weighted by Crippen LogP contribution is -2.03. The van der Waals surface area contributed by atoms with Crippen LogP contribution in [0, 0.1) is 0 Å². The van der Waals surface area contributed by atoms with Crippen molar-refractivity contribution in [2.75, 3.05) is 0 Å². The first-order valence-corrected chi connectivity index (χ1v) is 5.99. The summed E-state index contributed by atoms with van der Waals surface area (Å²) in [4.78, 5) is 0. The third-order valence-corrected chi connectivity index (χ3v) is 1.70. The van der Waals surface area contributed by atoms with Crippen LogP contribution in [0.2, 0.25) is 0 Å². The van der Waals surface area contributed by atoms with Crippen molar-refractivity contribution in [1.29, 1.82) is 0 Å². The van der Waals surface area contributed by atoms with Crippen LogP contribution in [0.5, 0.6) is 5.75 Å². The normalized spacial score (nSPS) is 8.41. The van der Waals surface area contributed by atoms with Crippen LogP contribution >= 0.6 is 12.6 Å². The van der Waals surface area contributed by atoms with E-state index in [0.29, 0.717) is 11.3 Å². The van der Waals surface area contributed by atoms with Crippen LogP contribution in [0.3, 0.4) is 0 Å². The molecule has 1 nitrogen and oxygen atoms in total. The van der Waals surface area contributed by atoms with Gasteiger partial charge in [0.15, 0.2) is 0 Å². The number of halogens is 2. The molecule has 17 heavy (non-hydrogen) atoms. The molecule has 0 atom stereocenters. The van der Waals surface area contributed by atoms with Gasteiger partial charge < -0.3 is 4.74 Å². The maximum Gasteiger partial charge on any atom is 0.387 e. The third-order valence-electron chi connectivity index (χ3n) is 1.36. The number of rotatable bonds is 3. The quantitative estimate of drug-likeness (QED) is 0.600. The number of ether oxygens (including phenoxy) is 1. The lowest BCUT2D eigenvalue weighted by molar-refractivity contribution is -0.0503. The third kappa shape index (κ3) is 9.87. The lowest BCUT2D eigenvalue weighted by atomic mass is 10.2. The van der Waals surface area contributed by atoms with Crippen molar-refractivity contribution in [3.8, 4) is 5.75 Å². The highest BCUT2D eigenvalue weighted by Gasteiger charge is 2.06. The fourth-order valence-corrected chi connectivity index (χ4v) is 1.11. The molecule has 0 saturated heterocycles. The van der Waals surface area contributed by atoms with Crippen molar-refractivity contribution in [2.45, 2.75) is 33.1 Å². The second kappa shape index (κ2) is 13.0. The Balaban J connectivity index is 0. The molecule has 1 rings (SSSR count). The predicted octanol–water partition coefficient (Wildman–Crippen LogP) is 4.94. The number of allylic oxidation sites excluding steroid dienone is 1. The topological polar surface area (TPSA) is 9.23 Å². The summed E-state index contributed by atoms with van der Waals surface area (Å²) in [5.41, 5.74) is 0.668. The minimum absolute atomic E-state index is 0.197. The summed E-state index contributed by atoms with van der Waals surface area (Å²) in [6.07, 6.45) is 1.75. The maximum atomic E-state index is 11.8. The second-order valence-corrected chi connectivity index (χ2v) is 2.87. The highest BCUT2D eigenvalue weighted by molar-refractivity contribution is 7.79. The molecule has 0 heterocycles. The summed E-state index contributed by atoms with van der Waals surface area (Å²) in [5, 5.41) is 0. The molecule has 0 bridgehead atoms. The van der Waals surface area contributed by atoms with Crippen LogP contribution in [0.25, 0.3) is 0 Å². The molecule has 1 aromatic carbocycles. The van der Waals surface area contributed by atoms with Crippen LogP contribution in [-0.4, -0.2) is 6.61 Å². The molecular weight excluding hydrogens is 242 g/mol. The van der Waals surface area contributed by atoms with Gasteiger partial charge in [-0.2, -0.15) is 21.4 Å². The molecule has 0 amide bonds. The van der Waals surface area contributed by atoms with Gasteiger partial charge in [0, 0.05) is 11.3 Å². The van der Waals surface area contributed by atoms with E-state index in [0.717, 1.165) is 0 Å². The minimum Gasteiger partial charge on any atom is -0.435 e. The number of hydrogen-bond donors (Lipinski definition) is 1. The van der Waals surface area contributed by atoms with Gasteiger partial charge in [-0.1, -0.05) is 38.1 Å². The second-order valence-electron chi connectivity index (χ2n) is 2.55. The van der Waals surface area contributed by atoms with E-state index in [4.69, 9.17) is 0 Å². The van der Waals surface area contributed by atoms with Gasteiger partial charge in [-0.25, -0.2) is 0 Å². The largest absolute Gasteiger partial charge is 0.435 e. The van der Waals surface area contributed by atoms with E-state index in [2.05, 4.69) is 23.9 Å². The van der Waals surface area contributed by atoms with Gasteiger partial charge >= 0.3 is 6.61 Å². The van der Waals surface area contributed by atoms with Gasteiger partial charge in [-0.05, 0) is 13.0 Å². The van der Waals surface area contributed by atoms with E-state index in [9.17, 15) is 8.78 Å². The van der Waals surface area contributed by atoms with Crippen molar-refractivity contribution in [3.05, 3.63) is 42.5 Å². The number of thiol groups is 1. The summed E-state index contributed by atoms with van der Waals surface area (Å²) in [6, 6.07) is 6.59. The Morgan fingerprint density at radius 1 is 1.35 bits per heavy atom. The first-order chi connectivity index (χ1) is 8.15. The SMILES string of the molecule is C=CC.CC.FC(F)Oc1ccccc1CS. The summed E-state index contributed by atoms with van der Waals surface area (Å²) >= 11 is 3.98. The smallest absolute Gasteiger partial charge is 0.387 e. The van der Waals surface area contributed by atoms with Gasteiger partial charge in [0.2, 0.25) is 0 Å². The van der Waals surface area contributed by atoms with Crippen LogP contribution in [0.15, 0.2) is 36.9 Å². The zero-order chi connectivity index (χ0) is 13.7. The van der Waals surface area contributed by atoms with E-state index < -0.39 is 6.61 Å². The van der Waals surface area contributed by atoms with Crippen molar-refractivity contribution in [2.24, 2.45) is 0 Å². The van der Waals surface area contributed by atoms with E-state index in [-0.39, 0.29) is 5.75 Å². The van der Waals surface area contributed by atoms with Crippen molar-refractivity contribution in [1.82, 2.24) is 0 Å². The molecule has 0 saturated carbocycles. The molecule has 0 aliphatic rings. The van der Waals surface area contributed by atoms with Crippen molar-refractivity contribution < 1.29 is 13.5 Å². The summed E-state index contributed by atoms with van der Waals surface area (Å²) in [6.45, 7) is 6.48. The summed E-state index contributed by atoms with van der Waals surface area (Å²) in [7, 11) is 0. The number of para-hydroxylation sites is 1. The fraction of sp³-hybridized carbons (Fsp3) is 0.385. The Kier molecular flexibility index (Phi) is 14.1. The molecule has 0 N–H and O–H groups in total. The first kappa shape index (κ1) is 18.3. The molecule has 1 aromatic rings. The Hall–Kier alpha value is -1.03. The Morgan fingerprint density at radius 2 is 1.82 bits per heavy atom. The Bertz CT molecular complexity index is 291. The van der Waals surface area contributed by atoms with E-state index in [1.807, 2.05) is 20.8 Å². The number of hydrogen-bond acceptors (Lipinski definition) is 2. The molecule has 0 spiro atoms. The van der Waals surface area contributed by atoms with Crippen LogP contribution < -0.4 is 4.74 Å². The van der Waals surface area contributed by atoms with E-state index >= 15 is 0 Å². The molecule has 0 fully saturated rings.